The third-order valence-electron chi connectivity index (χ3n) is 2.66. The number of aromatic hydroxyl groups is 1. The summed E-state index contributed by atoms with van der Waals surface area (Å²) in [6, 6.07) is 3.07. The third-order valence-corrected chi connectivity index (χ3v) is 3.49. The monoisotopic (exact) mass is 311 g/mol. The fourth-order valence-electron chi connectivity index (χ4n) is 1.67. The molecule has 1 heterocycles. The number of hydrogen-bond donors (Lipinski definition) is 2. The number of aromatic carboxylic acids is 1. The minimum absolute atomic E-state index is 0.0703. The smallest absolute Gasteiger partial charge is 0.374 e. The molecule has 18 heavy (non-hydrogen) atoms. The van der Waals surface area contributed by atoms with Crippen LogP contribution in [0.3, 0.4) is 0 Å². The Labute approximate surface area is 111 Å². The number of carboxylic acids is 1. The Balaban J connectivity index is 2.66. The lowest BCUT2D eigenvalue weighted by atomic mass is 10.0. The highest BCUT2D eigenvalue weighted by Crippen LogP contribution is 2.38. The second-order valence-corrected chi connectivity index (χ2v) is 4.76. The molecule has 0 amide bonds. The van der Waals surface area contributed by atoms with E-state index < -0.39 is 5.97 Å². The number of aromatic nitrogens is 1. The molecule has 0 aliphatic carbocycles. The molecule has 0 atom stereocenters. The molecule has 0 unspecified atom stereocenters. The number of phenols is 1. The lowest BCUT2D eigenvalue weighted by molar-refractivity contribution is 0.0652. The van der Waals surface area contributed by atoms with Crippen molar-refractivity contribution in [3.63, 3.8) is 0 Å². The molecular formula is C12H10BrNO4. The third kappa shape index (κ3) is 1.99. The summed E-state index contributed by atoms with van der Waals surface area (Å²) in [7, 11) is 0. The van der Waals surface area contributed by atoms with Gasteiger partial charge in [-0.05, 0) is 31.0 Å². The summed E-state index contributed by atoms with van der Waals surface area (Å²) in [5, 5.41) is 22.5. The number of halogens is 1. The van der Waals surface area contributed by atoms with Crippen LogP contribution in [0.15, 0.2) is 21.1 Å². The van der Waals surface area contributed by atoms with Crippen molar-refractivity contribution < 1.29 is 19.5 Å². The molecule has 2 aromatic rings. The van der Waals surface area contributed by atoms with Gasteiger partial charge in [-0.25, -0.2) is 4.79 Å². The predicted octanol–water partition coefficient (Wildman–Crippen LogP) is 3.12. The lowest BCUT2D eigenvalue weighted by Gasteiger charge is -2.10. The molecule has 0 bridgehead atoms. The zero-order valence-corrected chi connectivity index (χ0v) is 11.3. The first-order valence-electron chi connectivity index (χ1n) is 5.11. The van der Waals surface area contributed by atoms with Crippen LogP contribution in [0.4, 0.5) is 0 Å². The van der Waals surface area contributed by atoms with Crippen molar-refractivity contribution in [1.82, 2.24) is 5.16 Å². The number of benzene rings is 1. The number of aryl methyl sites for hydroxylation is 1. The zero-order valence-electron chi connectivity index (χ0n) is 9.69. The number of rotatable bonds is 2. The molecule has 6 heteroatoms. The molecule has 94 valence electrons. The van der Waals surface area contributed by atoms with Crippen LogP contribution in [0, 0.1) is 13.8 Å². The quantitative estimate of drug-likeness (QED) is 0.890. The Bertz CT molecular complexity index is 607. The second-order valence-electron chi connectivity index (χ2n) is 3.91. The minimum Gasteiger partial charge on any atom is -0.507 e. The largest absolute Gasteiger partial charge is 0.507 e. The summed E-state index contributed by atoms with van der Waals surface area (Å²) >= 11 is 3.38. The number of nitrogens with zero attached hydrogens (tertiary/aromatic N) is 1. The second kappa shape index (κ2) is 4.45. The van der Waals surface area contributed by atoms with Crippen LogP contribution in [0.5, 0.6) is 5.75 Å². The zero-order chi connectivity index (χ0) is 13.4. The van der Waals surface area contributed by atoms with Gasteiger partial charge in [0.1, 0.15) is 11.4 Å². The van der Waals surface area contributed by atoms with Gasteiger partial charge in [-0.1, -0.05) is 21.1 Å². The van der Waals surface area contributed by atoms with Crippen molar-refractivity contribution in [2.45, 2.75) is 13.8 Å². The molecule has 0 fully saturated rings. The Hall–Kier alpha value is -1.82. The van der Waals surface area contributed by atoms with Crippen LogP contribution in [-0.2, 0) is 0 Å². The summed E-state index contributed by atoms with van der Waals surface area (Å²) in [6.07, 6.45) is 0. The van der Waals surface area contributed by atoms with E-state index in [4.69, 9.17) is 9.63 Å². The van der Waals surface area contributed by atoms with Crippen LogP contribution < -0.4 is 0 Å². The molecule has 0 saturated heterocycles. The Morgan fingerprint density at radius 2 is 2.06 bits per heavy atom. The van der Waals surface area contributed by atoms with E-state index in [2.05, 4.69) is 21.1 Å². The molecule has 5 nitrogen and oxygen atoms in total. The lowest BCUT2D eigenvalue weighted by Crippen LogP contribution is -1.92. The fraction of sp³-hybridized carbons (Fsp3) is 0.167. The average Bonchev–Trinajstić information content (AvgIpc) is 2.76. The first-order valence-corrected chi connectivity index (χ1v) is 5.90. The van der Waals surface area contributed by atoms with Crippen molar-refractivity contribution >= 4 is 21.9 Å². The van der Waals surface area contributed by atoms with Gasteiger partial charge in [0.15, 0.2) is 0 Å². The summed E-state index contributed by atoms with van der Waals surface area (Å²) in [6.45, 7) is 3.55. The van der Waals surface area contributed by atoms with Gasteiger partial charge in [0.05, 0.1) is 0 Å². The van der Waals surface area contributed by atoms with Crippen LogP contribution in [0.2, 0.25) is 0 Å². The van der Waals surface area contributed by atoms with Crippen molar-refractivity contribution in [3.8, 4) is 17.0 Å². The van der Waals surface area contributed by atoms with Crippen LogP contribution in [0.25, 0.3) is 11.3 Å². The maximum atomic E-state index is 10.7. The van der Waals surface area contributed by atoms with Crippen molar-refractivity contribution in [2.24, 2.45) is 0 Å². The average molecular weight is 312 g/mol. The highest BCUT2D eigenvalue weighted by molar-refractivity contribution is 9.10. The maximum absolute atomic E-state index is 10.7. The molecule has 0 spiro atoms. The van der Waals surface area contributed by atoms with E-state index in [0.29, 0.717) is 16.8 Å². The first-order chi connectivity index (χ1) is 8.41. The summed E-state index contributed by atoms with van der Waals surface area (Å²) in [5.41, 5.74) is 2.20. The van der Waals surface area contributed by atoms with Crippen LogP contribution in [0.1, 0.15) is 21.7 Å². The molecule has 0 saturated carbocycles. The van der Waals surface area contributed by atoms with E-state index in [1.807, 2.05) is 0 Å². The normalized spacial score (nSPS) is 10.6. The topological polar surface area (TPSA) is 83.6 Å². The summed E-state index contributed by atoms with van der Waals surface area (Å²) < 4.78 is 5.51. The fourth-order valence-corrected chi connectivity index (χ4v) is 2.21. The Kier molecular flexibility index (Phi) is 3.13. The molecule has 0 aliphatic rings. The molecule has 0 radical (unpaired) electrons. The van der Waals surface area contributed by atoms with Gasteiger partial charge in [0, 0.05) is 16.1 Å². The maximum Gasteiger partial charge on any atom is 0.374 e. The van der Waals surface area contributed by atoms with Gasteiger partial charge < -0.3 is 14.7 Å². The van der Waals surface area contributed by atoms with Crippen LogP contribution in [-0.4, -0.2) is 21.3 Å². The molecule has 1 aromatic carbocycles. The summed E-state index contributed by atoms with van der Waals surface area (Å²) in [5.74, 6) is -1.39. The van der Waals surface area contributed by atoms with Gasteiger partial charge in [-0.3, -0.25) is 0 Å². The van der Waals surface area contributed by atoms with E-state index in [-0.39, 0.29) is 11.5 Å². The highest BCUT2D eigenvalue weighted by Gasteiger charge is 2.19. The Morgan fingerprint density at radius 3 is 2.61 bits per heavy atom. The predicted molar refractivity (Wildman–Crippen MR) is 67.7 cm³/mol. The van der Waals surface area contributed by atoms with Crippen molar-refractivity contribution in [1.29, 1.82) is 0 Å². The summed E-state index contributed by atoms with van der Waals surface area (Å²) in [4.78, 5) is 10.7. The van der Waals surface area contributed by atoms with Gasteiger partial charge >= 0.3 is 5.97 Å². The standard InChI is InChI=1S/C12H10BrNO4/c1-5-3-7(13)6(2)10(11(5)15)8-4-9(12(16)17)18-14-8/h3-4,15H,1-2H3,(H,16,17). The van der Waals surface area contributed by atoms with E-state index in [1.54, 1.807) is 19.9 Å². The molecule has 2 rings (SSSR count). The van der Waals surface area contributed by atoms with Crippen molar-refractivity contribution in [3.05, 3.63) is 33.5 Å². The first kappa shape index (κ1) is 12.6. The SMILES string of the molecule is Cc1cc(Br)c(C)c(-c2cc(C(=O)O)on2)c1O. The van der Waals surface area contributed by atoms with Gasteiger partial charge in [-0.2, -0.15) is 0 Å². The van der Waals surface area contributed by atoms with Gasteiger partial charge in [-0.15, -0.1) is 0 Å². The molecular weight excluding hydrogens is 302 g/mol. The van der Waals surface area contributed by atoms with E-state index in [0.717, 1.165) is 10.0 Å². The number of phenolic OH excluding ortho intramolecular Hbond substituents is 1. The van der Waals surface area contributed by atoms with E-state index >= 15 is 0 Å². The number of carboxylic acid groups (broad SMARTS) is 1. The van der Waals surface area contributed by atoms with Crippen molar-refractivity contribution in [2.75, 3.05) is 0 Å². The molecule has 2 N–H and O–H groups in total. The Morgan fingerprint density at radius 1 is 1.39 bits per heavy atom. The number of hydrogen-bond acceptors (Lipinski definition) is 4. The number of carbonyl (C=O) groups is 1. The van der Waals surface area contributed by atoms with Gasteiger partial charge in [0.2, 0.25) is 5.76 Å². The van der Waals surface area contributed by atoms with Gasteiger partial charge in [0.25, 0.3) is 0 Å². The van der Waals surface area contributed by atoms with E-state index in [9.17, 15) is 9.90 Å². The molecule has 0 aliphatic heterocycles. The highest BCUT2D eigenvalue weighted by atomic mass is 79.9. The molecule has 1 aromatic heterocycles. The minimum atomic E-state index is -1.20. The van der Waals surface area contributed by atoms with E-state index in [1.165, 1.54) is 6.07 Å². The van der Waals surface area contributed by atoms with Crippen LogP contribution >= 0.6 is 15.9 Å².